The number of aromatic nitrogens is 2. The zero-order chi connectivity index (χ0) is 27.7. The summed E-state index contributed by atoms with van der Waals surface area (Å²) in [6.45, 7) is 12.8. The van der Waals surface area contributed by atoms with Crippen LogP contribution in [-0.4, -0.2) is 75.3 Å². The average Bonchev–Trinajstić information content (AvgIpc) is 3.54. The monoisotopic (exact) mass is 551 g/mol. The van der Waals surface area contributed by atoms with E-state index in [1.54, 1.807) is 12.1 Å². The molecule has 10 nitrogen and oxygen atoms in total. The average molecular weight is 552 g/mol. The van der Waals surface area contributed by atoms with Crippen molar-refractivity contribution >= 4 is 30.8 Å². The van der Waals surface area contributed by atoms with Crippen molar-refractivity contribution in [1.82, 2.24) is 14.9 Å². The van der Waals surface area contributed by atoms with Crippen LogP contribution < -0.4 is 29.6 Å². The van der Waals surface area contributed by atoms with Crippen LogP contribution in [0.2, 0.25) is 19.6 Å². The molecule has 39 heavy (non-hydrogen) atoms. The highest BCUT2D eigenvalue weighted by molar-refractivity contribution is 6.88. The number of carbonyl (C=O) groups excluding carboxylic acids is 1. The van der Waals surface area contributed by atoms with E-state index in [0.29, 0.717) is 17.7 Å². The maximum atomic E-state index is 13.1. The molecular formula is C28H37N5O5Si. The van der Waals surface area contributed by atoms with Gasteiger partial charge in [-0.2, -0.15) is 9.97 Å². The van der Waals surface area contributed by atoms with Gasteiger partial charge in [-0.3, -0.25) is 9.69 Å². The molecule has 1 N–H and O–H groups in total. The van der Waals surface area contributed by atoms with Crippen LogP contribution in [0, 0.1) is 6.92 Å². The largest absolute Gasteiger partial charge is 0.479 e. The van der Waals surface area contributed by atoms with E-state index in [1.165, 1.54) is 25.8 Å². The summed E-state index contributed by atoms with van der Waals surface area (Å²) in [4.78, 5) is 26.9. The minimum absolute atomic E-state index is 0.0779. The number of hydrogen-bond donors (Lipinski definition) is 1. The fraction of sp³-hybridized carbons (Fsp3) is 0.464. The molecule has 0 spiro atoms. The lowest BCUT2D eigenvalue weighted by Crippen LogP contribution is -2.46. The molecule has 1 amide bonds. The van der Waals surface area contributed by atoms with E-state index < -0.39 is 14.0 Å². The SMILES string of the molecule is COc1nc(N2CCC(N3CCC3)C2)nc(OC)c1NC(=O)c1ccc(Oc2cc([Si](C)(C)C)ccc2C)o1. The summed E-state index contributed by atoms with van der Waals surface area (Å²) in [6.07, 6.45) is 2.33. The van der Waals surface area contributed by atoms with Gasteiger partial charge in [-0.1, -0.05) is 37.0 Å². The zero-order valence-electron chi connectivity index (χ0n) is 23.5. The zero-order valence-corrected chi connectivity index (χ0v) is 24.5. The first-order valence-electron chi connectivity index (χ1n) is 13.4. The third-order valence-corrected chi connectivity index (χ3v) is 9.42. The van der Waals surface area contributed by atoms with Crippen LogP contribution in [0.1, 0.15) is 29.0 Å². The van der Waals surface area contributed by atoms with Gasteiger partial charge in [0.2, 0.25) is 17.7 Å². The van der Waals surface area contributed by atoms with Gasteiger partial charge >= 0.3 is 0 Å². The minimum Gasteiger partial charge on any atom is -0.479 e. The number of furan rings is 1. The van der Waals surface area contributed by atoms with Crippen LogP contribution in [0.3, 0.4) is 0 Å². The van der Waals surface area contributed by atoms with Crippen LogP contribution in [0.25, 0.3) is 0 Å². The molecule has 1 aromatic carbocycles. The van der Waals surface area contributed by atoms with Crippen LogP contribution in [-0.2, 0) is 0 Å². The Labute approximate surface area is 230 Å². The molecule has 1 unspecified atom stereocenters. The van der Waals surface area contributed by atoms with E-state index in [2.05, 4.69) is 62.9 Å². The summed E-state index contributed by atoms with van der Waals surface area (Å²) in [5.41, 5.74) is 1.23. The van der Waals surface area contributed by atoms with Gasteiger partial charge in [0.15, 0.2) is 11.4 Å². The van der Waals surface area contributed by atoms with Gasteiger partial charge in [0.25, 0.3) is 11.9 Å². The van der Waals surface area contributed by atoms with Crippen LogP contribution in [0.4, 0.5) is 11.6 Å². The van der Waals surface area contributed by atoms with Crippen LogP contribution in [0.5, 0.6) is 23.5 Å². The Morgan fingerprint density at radius 1 is 1.05 bits per heavy atom. The second-order valence-electron chi connectivity index (χ2n) is 11.1. The highest BCUT2D eigenvalue weighted by Crippen LogP contribution is 2.35. The minimum atomic E-state index is -1.52. The summed E-state index contributed by atoms with van der Waals surface area (Å²) in [5.74, 6) is 1.49. The quantitative estimate of drug-likeness (QED) is 0.391. The molecule has 2 aliphatic rings. The number of nitrogens with one attached hydrogen (secondary N) is 1. The third-order valence-electron chi connectivity index (χ3n) is 7.38. The first-order valence-corrected chi connectivity index (χ1v) is 16.9. The summed E-state index contributed by atoms with van der Waals surface area (Å²) in [7, 11) is 1.49. The van der Waals surface area contributed by atoms with E-state index >= 15 is 0 Å². The Morgan fingerprint density at radius 2 is 1.77 bits per heavy atom. The number of anilines is 2. The number of benzene rings is 1. The van der Waals surface area contributed by atoms with Gasteiger partial charge in [0, 0.05) is 25.2 Å². The lowest BCUT2D eigenvalue weighted by atomic mass is 10.1. The Morgan fingerprint density at radius 3 is 2.38 bits per heavy atom. The Bertz CT molecular complexity index is 1330. The summed E-state index contributed by atoms with van der Waals surface area (Å²) < 4.78 is 22.8. The molecule has 208 valence electrons. The van der Waals surface area contributed by atoms with E-state index in [9.17, 15) is 4.79 Å². The van der Waals surface area contributed by atoms with Gasteiger partial charge in [-0.05, 0) is 50.6 Å². The number of amides is 1. The number of methoxy groups -OCH3 is 2. The second kappa shape index (κ2) is 10.9. The molecule has 5 rings (SSSR count). The summed E-state index contributed by atoms with van der Waals surface area (Å²) in [5, 5.41) is 4.07. The number of likely N-dealkylation sites (tertiary alicyclic amines) is 1. The molecule has 2 aromatic heterocycles. The fourth-order valence-electron chi connectivity index (χ4n) is 4.84. The van der Waals surface area contributed by atoms with E-state index in [4.69, 9.17) is 18.6 Å². The molecule has 2 saturated heterocycles. The van der Waals surface area contributed by atoms with Crippen molar-refractivity contribution in [1.29, 1.82) is 0 Å². The van der Waals surface area contributed by atoms with Gasteiger partial charge in [0.1, 0.15) is 5.75 Å². The molecule has 4 heterocycles. The van der Waals surface area contributed by atoms with Crippen LogP contribution in [0.15, 0.2) is 34.7 Å². The highest BCUT2D eigenvalue weighted by atomic mass is 28.3. The van der Waals surface area contributed by atoms with E-state index in [0.717, 1.165) is 38.2 Å². The molecule has 0 radical (unpaired) electrons. The molecule has 2 fully saturated rings. The predicted molar refractivity (Wildman–Crippen MR) is 153 cm³/mol. The maximum absolute atomic E-state index is 13.1. The van der Waals surface area contributed by atoms with Gasteiger partial charge in [0.05, 0.1) is 22.3 Å². The van der Waals surface area contributed by atoms with Crippen LogP contribution >= 0.6 is 0 Å². The number of aryl methyl sites for hydroxylation is 1. The lowest BCUT2D eigenvalue weighted by Gasteiger charge is -2.36. The van der Waals surface area contributed by atoms with Crippen molar-refractivity contribution in [3.05, 3.63) is 41.7 Å². The number of carbonyl (C=O) groups is 1. The van der Waals surface area contributed by atoms with Crippen molar-refractivity contribution in [2.24, 2.45) is 0 Å². The van der Waals surface area contributed by atoms with E-state index in [-0.39, 0.29) is 29.2 Å². The number of hydrogen-bond acceptors (Lipinski definition) is 9. The van der Waals surface area contributed by atoms with Crippen molar-refractivity contribution in [3.8, 4) is 23.5 Å². The molecule has 0 saturated carbocycles. The van der Waals surface area contributed by atoms with Crippen molar-refractivity contribution in [2.45, 2.75) is 45.4 Å². The fourth-order valence-corrected chi connectivity index (χ4v) is 5.99. The molecular weight excluding hydrogens is 514 g/mol. The van der Waals surface area contributed by atoms with Crippen molar-refractivity contribution < 1.29 is 23.4 Å². The Hall–Kier alpha value is -3.57. The summed E-state index contributed by atoms with van der Waals surface area (Å²) in [6, 6.07) is 9.97. The molecule has 1 atom stereocenters. The molecule has 0 bridgehead atoms. The van der Waals surface area contributed by atoms with Gasteiger partial charge in [-0.25, -0.2) is 0 Å². The second-order valence-corrected chi connectivity index (χ2v) is 16.2. The Balaban J connectivity index is 1.31. The number of nitrogens with zero attached hydrogens (tertiary/aromatic N) is 4. The summed E-state index contributed by atoms with van der Waals surface area (Å²) >= 11 is 0. The van der Waals surface area contributed by atoms with E-state index in [1.807, 2.05) is 6.92 Å². The normalized spacial score (nSPS) is 17.6. The smallest absolute Gasteiger partial charge is 0.291 e. The van der Waals surface area contributed by atoms with Gasteiger partial charge in [-0.15, -0.1) is 0 Å². The number of ether oxygens (including phenoxy) is 3. The standard InChI is InChI=1S/C28H37N5O5Si/c1-18-8-9-20(39(4,5)6)16-22(18)38-23-11-10-21(37-23)25(34)29-24-26(35-2)30-28(31-27(24)36-3)33-15-12-19(17-33)32-13-7-14-32/h8-11,16,19H,7,12-15,17H2,1-6H3,(H,29,34). The maximum Gasteiger partial charge on any atom is 0.291 e. The molecule has 11 heteroatoms. The predicted octanol–water partition coefficient (Wildman–Crippen LogP) is 4.27. The topological polar surface area (TPSA) is 102 Å². The van der Waals surface area contributed by atoms with Crippen molar-refractivity contribution in [3.63, 3.8) is 0 Å². The molecule has 0 aliphatic carbocycles. The third kappa shape index (κ3) is 5.74. The highest BCUT2D eigenvalue weighted by Gasteiger charge is 2.33. The first-order chi connectivity index (χ1) is 18.7. The first kappa shape index (κ1) is 27.0. The molecule has 3 aromatic rings. The Kier molecular flexibility index (Phi) is 7.54. The van der Waals surface area contributed by atoms with Crippen molar-refractivity contribution in [2.75, 3.05) is 50.6 Å². The number of rotatable bonds is 9. The molecule has 2 aliphatic heterocycles. The lowest BCUT2D eigenvalue weighted by molar-refractivity contribution is 0.0990. The van der Waals surface area contributed by atoms with Gasteiger partial charge < -0.3 is 28.8 Å².